The molecule has 0 unspecified atom stereocenters. The number of aryl methyl sites for hydroxylation is 1. The molecule has 7 heteroatoms. The Hall–Kier alpha value is -1.21. The molecule has 2 N–H and O–H groups in total. The number of benzene rings is 1. The minimum atomic E-state index is -0.837. The van der Waals surface area contributed by atoms with Crippen LogP contribution in [-0.2, 0) is 16.0 Å². The van der Waals surface area contributed by atoms with Crippen LogP contribution in [0.2, 0.25) is 0 Å². The van der Waals surface area contributed by atoms with Crippen LogP contribution in [0.1, 0.15) is 12.0 Å². The summed E-state index contributed by atoms with van der Waals surface area (Å²) in [6.45, 7) is 0.489. The highest BCUT2D eigenvalue weighted by atomic mass is 79.9. The van der Waals surface area contributed by atoms with Gasteiger partial charge in [0.15, 0.2) is 0 Å². The van der Waals surface area contributed by atoms with Crippen molar-refractivity contribution in [3.05, 3.63) is 28.2 Å². The van der Waals surface area contributed by atoms with Gasteiger partial charge in [0.25, 0.3) is 0 Å². The van der Waals surface area contributed by atoms with Crippen molar-refractivity contribution < 1.29 is 19.4 Å². The van der Waals surface area contributed by atoms with Crippen molar-refractivity contribution in [2.45, 2.75) is 12.8 Å². The fraction of sp³-hybridized carbons (Fsp3) is 0.429. The molecular weight excluding hydrogens is 358 g/mol. The molecule has 0 saturated heterocycles. The van der Waals surface area contributed by atoms with Gasteiger partial charge in [0.05, 0.1) is 17.3 Å². The molecule has 0 atom stereocenters. The molecule has 0 aliphatic heterocycles. The maximum Gasteiger partial charge on any atom is 0.313 e. The Kier molecular flexibility index (Phi) is 8.22. The van der Waals surface area contributed by atoms with E-state index < -0.39 is 5.97 Å². The van der Waals surface area contributed by atoms with Gasteiger partial charge >= 0.3 is 5.97 Å². The molecule has 0 heterocycles. The first-order chi connectivity index (χ1) is 10.0. The van der Waals surface area contributed by atoms with Gasteiger partial charge in [-0.3, -0.25) is 9.59 Å². The number of hydrogen-bond acceptors (Lipinski definition) is 4. The second kappa shape index (κ2) is 9.68. The van der Waals surface area contributed by atoms with Crippen molar-refractivity contribution in [2.75, 3.05) is 25.2 Å². The lowest BCUT2D eigenvalue weighted by atomic mass is 10.1. The van der Waals surface area contributed by atoms with Crippen LogP contribution >= 0.6 is 27.7 Å². The first-order valence-electron chi connectivity index (χ1n) is 6.41. The lowest BCUT2D eigenvalue weighted by Crippen LogP contribution is -2.26. The summed E-state index contributed by atoms with van der Waals surface area (Å²) in [6.07, 6.45) is 1.05. The smallest absolute Gasteiger partial charge is 0.313 e. The number of nitrogens with one attached hydrogen (secondary N) is 1. The predicted octanol–water partition coefficient (Wildman–Crippen LogP) is 2.32. The second-order valence-corrected chi connectivity index (χ2v) is 6.22. The monoisotopic (exact) mass is 375 g/mol. The number of halogens is 1. The summed E-state index contributed by atoms with van der Waals surface area (Å²) in [5.74, 6) is 0.565. The molecule has 0 radical (unpaired) electrons. The average Bonchev–Trinajstić information content (AvgIpc) is 2.44. The fourth-order valence-electron chi connectivity index (χ4n) is 1.63. The summed E-state index contributed by atoms with van der Waals surface area (Å²) >= 11 is 4.70. The maximum atomic E-state index is 11.6. The van der Waals surface area contributed by atoms with Crippen LogP contribution in [0.5, 0.6) is 5.75 Å². The normalized spacial score (nSPS) is 10.2. The lowest BCUT2D eigenvalue weighted by molar-refractivity contribution is -0.133. The van der Waals surface area contributed by atoms with Crippen LogP contribution < -0.4 is 10.1 Å². The molecule has 0 aromatic heterocycles. The minimum absolute atomic E-state index is 0.0298. The SMILES string of the molecule is COc1ccc(CCC(=O)NCCSCC(=O)O)cc1Br. The summed E-state index contributed by atoms with van der Waals surface area (Å²) in [4.78, 5) is 22.0. The highest BCUT2D eigenvalue weighted by molar-refractivity contribution is 9.10. The number of amides is 1. The van der Waals surface area contributed by atoms with Gasteiger partial charge < -0.3 is 15.2 Å². The molecule has 0 aliphatic carbocycles. The Morgan fingerprint density at radius 1 is 1.43 bits per heavy atom. The fourth-order valence-corrected chi connectivity index (χ4v) is 2.79. The number of methoxy groups -OCH3 is 1. The van der Waals surface area contributed by atoms with Crippen LogP contribution in [0, 0.1) is 0 Å². The molecule has 0 bridgehead atoms. The molecule has 0 aliphatic rings. The van der Waals surface area contributed by atoms with Gasteiger partial charge in [0, 0.05) is 18.7 Å². The van der Waals surface area contributed by atoms with E-state index in [1.54, 1.807) is 7.11 Å². The molecular formula is C14H18BrNO4S. The summed E-state index contributed by atoms with van der Waals surface area (Å²) in [6, 6.07) is 5.73. The Balaban J connectivity index is 2.23. The van der Waals surface area contributed by atoms with Gasteiger partial charge in [0.1, 0.15) is 5.75 Å². The summed E-state index contributed by atoms with van der Waals surface area (Å²) < 4.78 is 6.02. The molecule has 1 aromatic rings. The van der Waals surface area contributed by atoms with E-state index in [1.807, 2.05) is 18.2 Å². The van der Waals surface area contributed by atoms with Crippen LogP contribution in [0.25, 0.3) is 0 Å². The van der Waals surface area contributed by atoms with Gasteiger partial charge in [-0.15, -0.1) is 11.8 Å². The van der Waals surface area contributed by atoms with Gasteiger partial charge in [-0.1, -0.05) is 6.07 Å². The van der Waals surface area contributed by atoms with E-state index in [2.05, 4.69) is 21.2 Å². The van der Waals surface area contributed by atoms with Gasteiger partial charge in [0.2, 0.25) is 5.91 Å². The highest BCUT2D eigenvalue weighted by Crippen LogP contribution is 2.25. The number of thioether (sulfide) groups is 1. The van der Waals surface area contributed by atoms with Crippen molar-refractivity contribution >= 4 is 39.6 Å². The standard InChI is InChI=1S/C14H18BrNO4S/c1-20-12-4-2-10(8-11(12)15)3-5-13(17)16-6-7-21-9-14(18)19/h2,4,8H,3,5-7,9H2,1H3,(H,16,17)(H,18,19). The van der Waals surface area contributed by atoms with E-state index in [-0.39, 0.29) is 11.7 Å². The zero-order valence-electron chi connectivity index (χ0n) is 11.7. The topological polar surface area (TPSA) is 75.6 Å². The molecule has 1 amide bonds. The van der Waals surface area contributed by atoms with E-state index in [1.165, 1.54) is 11.8 Å². The summed E-state index contributed by atoms with van der Waals surface area (Å²) in [5, 5.41) is 11.2. The van der Waals surface area contributed by atoms with Gasteiger partial charge in [-0.2, -0.15) is 0 Å². The van der Waals surface area contributed by atoms with Gasteiger partial charge in [-0.25, -0.2) is 0 Å². The Bertz CT molecular complexity index is 496. The Morgan fingerprint density at radius 2 is 2.19 bits per heavy atom. The number of carbonyl (C=O) groups excluding carboxylic acids is 1. The van der Waals surface area contributed by atoms with E-state index >= 15 is 0 Å². The van der Waals surface area contributed by atoms with Crippen molar-refractivity contribution in [1.82, 2.24) is 5.32 Å². The van der Waals surface area contributed by atoms with Crippen molar-refractivity contribution in [1.29, 1.82) is 0 Å². The number of rotatable bonds is 9. The van der Waals surface area contributed by atoms with Crippen LogP contribution in [0.15, 0.2) is 22.7 Å². The summed E-state index contributed by atoms with van der Waals surface area (Å²) in [7, 11) is 1.61. The molecule has 116 valence electrons. The quantitative estimate of drug-likeness (QED) is 0.647. The third-order valence-electron chi connectivity index (χ3n) is 2.65. The minimum Gasteiger partial charge on any atom is -0.496 e. The van der Waals surface area contributed by atoms with E-state index in [0.717, 1.165) is 15.8 Å². The molecule has 1 rings (SSSR count). The highest BCUT2D eigenvalue weighted by Gasteiger charge is 2.05. The van der Waals surface area contributed by atoms with Crippen LogP contribution in [-0.4, -0.2) is 42.1 Å². The van der Waals surface area contributed by atoms with Crippen molar-refractivity contribution in [2.24, 2.45) is 0 Å². The average molecular weight is 376 g/mol. The summed E-state index contributed by atoms with van der Waals surface area (Å²) in [5.41, 5.74) is 1.05. The number of hydrogen-bond donors (Lipinski definition) is 2. The largest absolute Gasteiger partial charge is 0.496 e. The third kappa shape index (κ3) is 7.38. The first kappa shape index (κ1) is 17.8. The Morgan fingerprint density at radius 3 is 2.81 bits per heavy atom. The number of carboxylic acid groups (broad SMARTS) is 1. The number of carbonyl (C=O) groups is 2. The molecule has 21 heavy (non-hydrogen) atoms. The van der Waals surface area contributed by atoms with E-state index in [4.69, 9.17) is 9.84 Å². The molecule has 0 fully saturated rings. The van der Waals surface area contributed by atoms with Crippen LogP contribution in [0.4, 0.5) is 0 Å². The van der Waals surface area contributed by atoms with E-state index in [0.29, 0.717) is 25.1 Å². The lowest BCUT2D eigenvalue weighted by Gasteiger charge is -2.07. The van der Waals surface area contributed by atoms with Crippen LogP contribution in [0.3, 0.4) is 0 Å². The first-order valence-corrected chi connectivity index (χ1v) is 8.36. The number of aliphatic carboxylic acids is 1. The maximum absolute atomic E-state index is 11.6. The second-order valence-electron chi connectivity index (χ2n) is 4.27. The predicted molar refractivity (Wildman–Crippen MR) is 87.0 cm³/mol. The molecule has 1 aromatic carbocycles. The molecule has 0 spiro atoms. The Labute approximate surface area is 136 Å². The molecule has 0 saturated carbocycles. The zero-order chi connectivity index (χ0) is 15.7. The van der Waals surface area contributed by atoms with Crippen molar-refractivity contribution in [3.63, 3.8) is 0 Å². The van der Waals surface area contributed by atoms with Gasteiger partial charge in [-0.05, 0) is 40.0 Å². The molecule has 5 nitrogen and oxygen atoms in total. The zero-order valence-corrected chi connectivity index (χ0v) is 14.1. The number of ether oxygens (including phenoxy) is 1. The third-order valence-corrected chi connectivity index (χ3v) is 4.21. The van der Waals surface area contributed by atoms with Crippen molar-refractivity contribution in [3.8, 4) is 5.75 Å². The van der Waals surface area contributed by atoms with E-state index in [9.17, 15) is 9.59 Å². The number of carboxylic acids is 1.